The fourth-order valence-electron chi connectivity index (χ4n) is 2.22. The molecule has 2 aliphatic rings. The van der Waals surface area contributed by atoms with Gasteiger partial charge in [0.05, 0.1) is 7.11 Å². The second-order valence-corrected chi connectivity index (χ2v) is 3.76. The third kappa shape index (κ3) is 2.03. The zero-order chi connectivity index (χ0) is 10.1. The van der Waals surface area contributed by atoms with Gasteiger partial charge in [0, 0.05) is 5.92 Å². The van der Waals surface area contributed by atoms with E-state index in [1.54, 1.807) is 0 Å². The van der Waals surface area contributed by atoms with E-state index in [-0.39, 0.29) is 25.2 Å². The summed E-state index contributed by atoms with van der Waals surface area (Å²) in [5, 5.41) is 2.59. The molecule has 1 aliphatic carbocycles. The molecule has 0 radical (unpaired) electrons. The van der Waals surface area contributed by atoms with Crippen LogP contribution in [0.25, 0.3) is 0 Å². The Hall–Kier alpha value is -1.32. The van der Waals surface area contributed by atoms with Gasteiger partial charge in [0.25, 0.3) is 0 Å². The average Bonchev–Trinajstić information content (AvgIpc) is 2.64. The van der Waals surface area contributed by atoms with Crippen molar-refractivity contribution >= 4 is 11.9 Å². The Morgan fingerprint density at radius 1 is 1.53 bits per heavy atom. The summed E-state index contributed by atoms with van der Waals surface area (Å²) in [7, 11) is 1.32. The Labute approximate surface area is 89.7 Å². The first-order valence-electron chi connectivity index (χ1n) is 4.83. The summed E-state index contributed by atoms with van der Waals surface area (Å²) in [6.45, 7) is 0. The van der Waals surface area contributed by atoms with E-state index in [2.05, 4.69) is 10.1 Å². The summed E-state index contributed by atoms with van der Waals surface area (Å²) in [6.07, 6.45) is 4.83. The van der Waals surface area contributed by atoms with E-state index < -0.39 is 5.97 Å². The number of amides is 1. The van der Waals surface area contributed by atoms with Crippen LogP contribution in [0.15, 0.2) is 11.8 Å². The smallest absolute Gasteiger partial charge is 0.354 e. The molecule has 0 bridgehead atoms. The van der Waals surface area contributed by atoms with Gasteiger partial charge in [0.2, 0.25) is 5.91 Å². The minimum Gasteiger partial charge on any atom is -0.464 e. The van der Waals surface area contributed by atoms with E-state index in [4.69, 9.17) is 0 Å². The molecule has 0 aromatic heterocycles. The SMILES string of the molecule is C.COC(=O)C1=CC2CCCC2C(=O)N1. The molecule has 0 aromatic rings. The first kappa shape index (κ1) is 11.8. The molecule has 2 atom stereocenters. The predicted octanol–water partition coefficient (Wildman–Crippen LogP) is 1.23. The topological polar surface area (TPSA) is 55.4 Å². The molecule has 1 heterocycles. The molecule has 84 valence electrons. The molecule has 2 unspecified atom stereocenters. The Balaban J connectivity index is 0.00000112. The molecule has 2 rings (SSSR count). The van der Waals surface area contributed by atoms with Crippen molar-refractivity contribution in [1.82, 2.24) is 5.32 Å². The molecule has 4 heteroatoms. The van der Waals surface area contributed by atoms with Crippen LogP contribution in [0.1, 0.15) is 26.7 Å². The van der Waals surface area contributed by atoms with Gasteiger partial charge in [-0.05, 0) is 24.8 Å². The molecule has 0 saturated heterocycles. The predicted molar refractivity (Wildman–Crippen MR) is 55.8 cm³/mol. The number of allylic oxidation sites excluding steroid dienone is 1. The van der Waals surface area contributed by atoms with Crippen LogP contribution < -0.4 is 5.32 Å². The molecule has 1 saturated carbocycles. The highest BCUT2D eigenvalue weighted by atomic mass is 16.5. The van der Waals surface area contributed by atoms with Gasteiger partial charge in [-0.25, -0.2) is 4.79 Å². The number of esters is 1. The Bertz CT molecular complexity index is 309. The van der Waals surface area contributed by atoms with Crippen LogP contribution in [0.5, 0.6) is 0 Å². The average molecular weight is 211 g/mol. The Morgan fingerprint density at radius 3 is 2.93 bits per heavy atom. The zero-order valence-corrected chi connectivity index (χ0v) is 8.08. The van der Waals surface area contributed by atoms with Crippen LogP contribution in [0.4, 0.5) is 0 Å². The zero-order valence-electron chi connectivity index (χ0n) is 8.08. The lowest BCUT2D eigenvalue weighted by Gasteiger charge is -2.22. The lowest BCUT2D eigenvalue weighted by molar-refractivity contribution is -0.139. The molecule has 0 aromatic carbocycles. The van der Waals surface area contributed by atoms with Crippen LogP contribution in [-0.2, 0) is 14.3 Å². The fraction of sp³-hybridized carbons (Fsp3) is 0.636. The van der Waals surface area contributed by atoms with Crippen LogP contribution >= 0.6 is 0 Å². The summed E-state index contributed by atoms with van der Waals surface area (Å²) in [5.74, 6) is -0.180. The Morgan fingerprint density at radius 2 is 2.27 bits per heavy atom. The van der Waals surface area contributed by atoms with Crippen molar-refractivity contribution in [2.45, 2.75) is 26.7 Å². The normalized spacial score (nSPS) is 28.3. The number of hydrogen-bond acceptors (Lipinski definition) is 3. The third-order valence-corrected chi connectivity index (χ3v) is 2.95. The van der Waals surface area contributed by atoms with Crippen LogP contribution in [0.3, 0.4) is 0 Å². The molecule has 4 nitrogen and oxygen atoms in total. The van der Waals surface area contributed by atoms with Gasteiger partial charge in [-0.2, -0.15) is 0 Å². The number of ether oxygens (including phenoxy) is 1. The summed E-state index contributed by atoms with van der Waals surface area (Å²) >= 11 is 0. The molecule has 1 fully saturated rings. The van der Waals surface area contributed by atoms with Gasteiger partial charge in [0.15, 0.2) is 0 Å². The van der Waals surface area contributed by atoms with E-state index in [9.17, 15) is 9.59 Å². The summed E-state index contributed by atoms with van der Waals surface area (Å²) in [4.78, 5) is 22.7. The highest BCUT2D eigenvalue weighted by molar-refractivity contribution is 5.96. The van der Waals surface area contributed by atoms with E-state index >= 15 is 0 Å². The molecule has 15 heavy (non-hydrogen) atoms. The molecular formula is C11H17NO3. The van der Waals surface area contributed by atoms with E-state index in [1.807, 2.05) is 6.08 Å². The monoisotopic (exact) mass is 211 g/mol. The molecule has 1 amide bonds. The van der Waals surface area contributed by atoms with Gasteiger partial charge in [-0.3, -0.25) is 4.79 Å². The largest absolute Gasteiger partial charge is 0.464 e. The Kier molecular flexibility index (Phi) is 3.50. The number of methoxy groups -OCH3 is 1. The highest BCUT2D eigenvalue weighted by Gasteiger charge is 2.36. The maximum absolute atomic E-state index is 11.5. The third-order valence-electron chi connectivity index (χ3n) is 2.95. The number of carbonyl (C=O) groups excluding carboxylic acids is 2. The van der Waals surface area contributed by atoms with E-state index in [1.165, 1.54) is 7.11 Å². The second-order valence-electron chi connectivity index (χ2n) is 3.76. The van der Waals surface area contributed by atoms with Crippen molar-refractivity contribution in [2.24, 2.45) is 11.8 Å². The van der Waals surface area contributed by atoms with Gasteiger partial charge in [-0.15, -0.1) is 0 Å². The maximum Gasteiger partial charge on any atom is 0.354 e. The van der Waals surface area contributed by atoms with E-state index in [0.717, 1.165) is 19.3 Å². The quantitative estimate of drug-likeness (QED) is 0.663. The van der Waals surface area contributed by atoms with Gasteiger partial charge in [0.1, 0.15) is 5.70 Å². The standard InChI is InChI=1S/C10H13NO3.CH4/c1-14-10(13)8-5-6-3-2-4-7(6)9(12)11-8;/h5-7H,2-4H2,1H3,(H,11,12);1H4. The number of rotatable bonds is 1. The number of hydrogen-bond donors (Lipinski definition) is 1. The maximum atomic E-state index is 11.5. The summed E-state index contributed by atoms with van der Waals surface area (Å²) in [5.41, 5.74) is 0.306. The van der Waals surface area contributed by atoms with Crippen molar-refractivity contribution in [2.75, 3.05) is 7.11 Å². The molecule has 1 N–H and O–H groups in total. The van der Waals surface area contributed by atoms with Gasteiger partial charge < -0.3 is 10.1 Å². The van der Waals surface area contributed by atoms with Crippen molar-refractivity contribution < 1.29 is 14.3 Å². The van der Waals surface area contributed by atoms with Crippen molar-refractivity contribution in [3.8, 4) is 0 Å². The lowest BCUT2D eigenvalue weighted by atomic mass is 9.91. The number of carbonyl (C=O) groups is 2. The van der Waals surface area contributed by atoms with Crippen LogP contribution in [0, 0.1) is 11.8 Å². The summed E-state index contributed by atoms with van der Waals surface area (Å²) < 4.78 is 4.56. The number of fused-ring (bicyclic) bond motifs is 1. The highest BCUT2D eigenvalue weighted by Crippen LogP contribution is 2.35. The van der Waals surface area contributed by atoms with E-state index in [0.29, 0.717) is 5.70 Å². The van der Waals surface area contributed by atoms with Crippen molar-refractivity contribution in [3.63, 3.8) is 0 Å². The van der Waals surface area contributed by atoms with Gasteiger partial charge in [-0.1, -0.05) is 13.8 Å². The molecule has 0 spiro atoms. The first-order valence-corrected chi connectivity index (χ1v) is 4.83. The summed E-state index contributed by atoms with van der Waals surface area (Å²) in [6, 6.07) is 0. The second kappa shape index (κ2) is 4.47. The molecular weight excluding hydrogens is 194 g/mol. The van der Waals surface area contributed by atoms with Crippen LogP contribution in [-0.4, -0.2) is 19.0 Å². The van der Waals surface area contributed by atoms with Crippen molar-refractivity contribution in [3.05, 3.63) is 11.8 Å². The van der Waals surface area contributed by atoms with Gasteiger partial charge >= 0.3 is 5.97 Å². The fourth-order valence-corrected chi connectivity index (χ4v) is 2.22. The molecule has 1 aliphatic heterocycles. The minimum absolute atomic E-state index is 0. The minimum atomic E-state index is -0.455. The number of nitrogens with one attached hydrogen (secondary N) is 1. The van der Waals surface area contributed by atoms with Crippen LogP contribution in [0.2, 0.25) is 0 Å². The van der Waals surface area contributed by atoms with Crippen molar-refractivity contribution in [1.29, 1.82) is 0 Å². The lowest BCUT2D eigenvalue weighted by Crippen LogP contribution is -2.39. The first-order chi connectivity index (χ1) is 6.72.